The maximum absolute atomic E-state index is 13.0. The van der Waals surface area contributed by atoms with Gasteiger partial charge in [-0.3, -0.25) is 37.3 Å². The van der Waals surface area contributed by atoms with E-state index in [0.29, 0.717) is 25.7 Å². The molecule has 0 aliphatic carbocycles. The summed E-state index contributed by atoms with van der Waals surface area (Å²) in [6.45, 7) is 4.49. The molecule has 5 atom stereocenters. The number of hydrogen-bond acceptors (Lipinski definition) is 15. The fourth-order valence-corrected chi connectivity index (χ4v) is 11.3. The summed E-state index contributed by atoms with van der Waals surface area (Å²) >= 11 is 0. The van der Waals surface area contributed by atoms with Crippen LogP contribution in [0.15, 0.2) is 109 Å². The quantitative estimate of drug-likeness (QED) is 0.0169. The van der Waals surface area contributed by atoms with E-state index in [1.54, 1.807) is 6.08 Å². The highest BCUT2D eigenvalue weighted by Crippen LogP contribution is 2.45. The summed E-state index contributed by atoms with van der Waals surface area (Å²) < 4.78 is 68.2. The van der Waals surface area contributed by atoms with Gasteiger partial charge in [-0.25, -0.2) is 9.13 Å². The van der Waals surface area contributed by atoms with E-state index in [4.69, 9.17) is 37.0 Å². The zero-order chi connectivity index (χ0) is 70.4. The summed E-state index contributed by atoms with van der Waals surface area (Å²) in [6.07, 6.45) is 72.6. The number of aliphatic hydroxyl groups excluding tert-OH is 1. The molecule has 0 rings (SSSR count). The van der Waals surface area contributed by atoms with Gasteiger partial charge < -0.3 is 33.8 Å². The lowest BCUT2D eigenvalue weighted by atomic mass is 10.0. The Morgan fingerprint density at radius 3 is 0.927 bits per heavy atom. The molecule has 0 saturated carbocycles. The fourth-order valence-electron chi connectivity index (χ4n) is 9.70. The van der Waals surface area contributed by atoms with Crippen molar-refractivity contribution in [2.24, 2.45) is 0 Å². The molecule has 0 heterocycles. The Hall–Kier alpha value is -4.28. The van der Waals surface area contributed by atoms with E-state index in [1.807, 2.05) is 18.2 Å². The summed E-state index contributed by atoms with van der Waals surface area (Å²) in [5.41, 5.74) is 0. The minimum Gasteiger partial charge on any atom is -0.462 e. The summed E-state index contributed by atoms with van der Waals surface area (Å²) in [6, 6.07) is 0. The van der Waals surface area contributed by atoms with E-state index in [9.17, 15) is 43.2 Å². The predicted molar refractivity (Wildman–Crippen MR) is 390 cm³/mol. The van der Waals surface area contributed by atoms with Gasteiger partial charge in [-0.05, 0) is 89.9 Å². The summed E-state index contributed by atoms with van der Waals surface area (Å²) in [5, 5.41) is 10.6. The van der Waals surface area contributed by atoms with Gasteiger partial charge in [0.25, 0.3) is 0 Å². The van der Waals surface area contributed by atoms with E-state index in [1.165, 1.54) is 103 Å². The number of esters is 4. The van der Waals surface area contributed by atoms with Gasteiger partial charge in [-0.15, -0.1) is 0 Å². The molecule has 0 aromatic rings. The molecule has 0 fully saturated rings. The minimum absolute atomic E-state index is 0.0701. The Balaban J connectivity index is 5.42. The van der Waals surface area contributed by atoms with Crippen molar-refractivity contribution in [1.82, 2.24) is 0 Å². The van der Waals surface area contributed by atoms with E-state index < -0.39 is 97.5 Å². The second kappa shape index (κ2) is 69.2. The summed E-state index contributed by atoms with van der Waals surface area (Å²) in [5.74, 6) is -2.36. The highest BCUT2D eigenvalue weighted by atomic mass is 31.2. The number of phosphoric ester groups is 2. The largest absolute Gasteiger partial charge is 0.472 e. The average molecular weight is 1390 g/mol. The summed E-state index contributed by atoms with van der Waals surface area (Å²) in [7, 11) is -9.97. The van der Waals surface area contributed by atoms with Gasteiger partial charge in [0, 0.05) is 19.3 Å². The minimum atomic E-state index is -4.99. The van der Waals surface area contributed by atoms with Gasteiger partial charge >= 0.3 is 39.5 Å². The van der Waals surface area contributed by atoms with Crippen LogP contribution in [0.1, 0.15) is 297 Å². The van der Waals surface area contributed by atoms with Crippen LogP contribution in [0, 0.1) is 0 Å². The Morgan fingerprint density at radius 1 is 0.312 bits per heavy atom. The molecule has 0 saturated heterocycles. The van der Waals surface area contributed by atoms with Crippen molar-refractivity contribution in [3.8, 4) is 0 Å². The normalized spacial score (nSPS) is 14.6. The first-order valence-corrected chi connectivity index (χ1v) is 40.1. The molecule has 17 nitrogen and oxygen atoms in total. The van der Waals surface area contributed by atoms with Crippen molar-refractivity contribution < 1.29 is 80.2 Å². The van der Waals surface area contributed by atoms with E-state index in [2.05, 4.69) is 113 Å². The van der Waals surface area contributed by atoms with Crippen LogP contribution >= 0.6 is 15.6 Å². The first-order valence-electron chi connectivity index (χ1n) is 37.1. The van der Waals surface area contributed by atoms with Crippen LogP contribution in [-0.4, -0.2) is 96.7 Å². The van der Waals surface area contributed by atoms with Crippen molar-refractivity contribution in [3.63, 3.8) is 0 Å². The van der Waals surface area contributed by atoms with Gasteiger partial charge in [-0.1, -0.05) is 291 Å². The Morgan fingerprint density at radius 2 is 0.583 bits per heavy atom. The molecule has 5 unspecified atom stereocenters. The molecule has 0 amide bonds. The standard InChI is InChI=1S/C77H132O17P2/c1-5-9-13-17-21-25-29-33-35-39-41-45-49-53-57-61-74(79)87-67-72(93-76(81)63-59-55-51-47-43-37-31-27-23-19-15-11-7-3)69-91-95(83,84)89-65-71(78)66-90-96(85,86)92-70-73(94-77(82)64-60-56-52-48-44-38-32-28-24-20-16-12-8-4)68-88-75(80)62-58-54-50-46-42-40-36-34-30-26-22-18-14-10-6-2/h9-10,13-14,21-22,25-26,33-36,41-42,45-46,53,57,71-73,78H,5-8,11-12,15-20,23-24,27-32,37-40,43-44,47-52,54-56,58-70H2,1-4H3,(H,83,84)(H,85,86)/b13-9-,14-10-,25-21-,26-22-,35-33-,36-34-,45-41-,46-42-,57-53-. The fraction of sp³-hybridized carbons (Fsp3) is 0.714. The second-order valence-electron chi connectivity index (χ2n) is 24.5. The number of ether oxygens (including phenoxy) is 4. The van der Waals surface area contributed by atoms with Gasteiger partial charge in [0.05, 0.1) is 32.8 Å². The van der Waals surface area contributed by atoms with Crippen LogP contribution < -0.4 is 0 Å². The number of carbonyl (C=O) groups excluding carboxylic acids is 4. The van der Waals surface area contributed by atoms with Crippen molar-refractivity contribution in [2.75, 3.05) is 39.6 Å². The number of unbranched alkanes of at least 4 members (excludes halogenated alkanes) is 26. The smallest absolute Gasteiger partial charge is 0.462 e. The van der Waals surface area contributed by atoms with Crippen molar-refractivity contribution in [3.05, 3.63) is 109 Å². The number of carbonyl (C=O) groups is 4. The lowest BCUT2D eigenvalue weighted by molar-refractivity contribution is -0.161. The van der Waals surface area contributed by atoms with E-state index >= 15 is 0 Å². The highest BCUT2D eigenvalue weighted by Gasteiger charge is 2.30. The number of allylic oxidation sites excluding steroid dienone is 17. The van der Waals surface area contributed by atoms with Gasteiger partial charge in [0.15, 0.2) is 12.2 Å². The monoisotopic (exact) mass is 1390 g/mol. The van der Waals surface area contributed by atoms with Gasteiger partial charge in [0.2, 0.25) is 0 Å². The van der Waals surface area contributed by atoms with Gasteiger partial charge in [0.1, 0.15) is 19.3 Å². The number of hydrogen-bond donors (Lipinski definition) is 3. The molecule has 0 spiro atoms. The summed E-state index contributed by atoms with van der Waals surface area (Å²) in [4.78, 5) is 72.7. The van der Waals surface area contributed by atoms with Gasteiger partial charge in [-0.2, -0.15) is 0 Å². The number of phosphoric acid groups is 2. The Bertz CT molecular complexity index is 2250. The van der Waals surface area contributed by atoms with Crippen LogP contribution in [-0.2, 0) is 65.4 Å². The molecule has 0 bridgehead atoms. The average Bonchev–Trinajstić information content (AvgIpc) is 1.14. The highest BCUT2D eigenvalue weighted by molar-refractivity contribution is 7.47. The molecule has 0 aromatic heterocycles. The molecule has 0 aliphatic rings. The van der Waals surface area contributed by atoms with Crippen LogP contribution in [0.5, 0.6) is 0 Å². The van der Waals surface area contributed by atoms with E-state index in [-0.39, 0.29) is 25.7 Å². The number of rotatable bonds is 69. The van der Waals surface area contributed by atoms with Crippen LogP contribution in [0.4, 0.5) is 0 Å². The molecule has 3 N–H and O–H groups in total. The van der Waals surface area contributed by atoms with Crippen LogP contribution in [0.3, 0.4) is 0 Å². The third kappa shape index (κ3) is 68.3. The maximum atomic E-state index is 13.0. The SMILES string of the molecule is CC/C=C\C/C=C\C/C=C\C/C=C\C/C=C\CC(=O)OCC(COP(=O)(O)OCC(O)COP(=O)(O)OCC(COC(=O)CCCC/C=C\C/C=C\C/C=C\C/C=C\CC)OC(=O)CCCCCCCCCCCCCCC)OC(=O)CCCCCCCCCCCCCCC. The lowest BCUT2D eigenvalue weighted by Crippen LogP contribution is -2.30. The predicted octanol–water partition coefficient (Wildman–Crippen LogP) is 21.0. The van der Waals surface area contributed by atoms with Crippen molar-refractivity contribution >= 4 is 39.5 Å². The topological polar surface area (TPSA) is 237 Å². The zero-order valence-electron chi connectivity index (χ0n) is 60.0. The third-order valence-electron chi connectivity index (χ3n) is 15.3. The first kappa shape index (κ1) is 91.7. The maximum Gasteiger partial charge on any atom is 0.472 e. The van der Waals surface area contributed by atoms with Crippen LogP contribution in [0.25, 0.3) is 0 Å². The third-order valence-corrected chi connectivity index (χ3v) is 17.2. The molecule has 0 aliphatic heterocycles. The zero-order valence-corrected chi connectivity index (χ0v) is 61.8. The molecular weight excluding hydrogens is 1260 g/mol. The lowest BCUT2D eigenvalue weighted by Gasteiger charge is -2.21. The molecule has 0 radical (unpaired) electrons. The Kier molecular flexibility index (Phi) is 66.1. The molecule has 552 valence electrons. The first-order chi connectivity index (χ1) is 46.7. The number of aliphatic hydroxyl groups is 1. The molecule has 0 aromatic carbocycles. The molecular formula is C77H132O17P2. The van der Waals surface area contributed by atoms with Crippen molar-refractivity contribution in [1.29, 1.82) is 0 Å². The molecule has 96 heavy (non-hydrogen) atoms. The van der Waals surface area contributed by atoms with Crippen LogP contribution in [0.2, 0.25) is 0 Å². The second-order valence-corrected chi connectivity index (χ2v) is 27.4. The van der Waals surface area contributed by atoms with E-state index in [0.717, 1.165) is 116 Å². The van der Waals surface area contributed by atoms with Crippen molar-refractivity contribution in [2.45, 2.75) is 316 Å². The Labute approximate surface area is 581 Å². The molecule has 19 heteroatoms.